The van der Waals surface area contributed by atoms with Gasteiger partial charge < -0.3 is 28.4 Å². The maximum Gasteiger partial charge on any atom is 0.333 e. The van der Waals surface area contributed by atoms with Gasteiger partial charge in [-0.05, 0) is 83.9 Å². The van der Waals surface area contributed by atoms with Gasteiger partial charge in [-0.2, -0.15) is 0 Å². The summed E-state index contributed by atoms with van der Waals surface area (Å²) >= 11 is 0. The molecule has 0 spiro atoms. The first-order valence-corrected chi connectivity index (χ1v) is 15.9. The highest BCUT2D eigenvalue weighted by atomic mass is 32.2. The van der Waals surface area contributed by atoms with Crippen LogP contribution in [0, 0.1) is 0 Å². The molecule has 4 rings (SSSR count). The standard InChI is InChI=1S/C36H30O12S.4CH4/c1-3-33(37)45-23-43-27-9-5-25(6-10-27)21-35(39)47-29-13-17-31(18-14-29)49(41,42)32-19-15-30(16-20-32)48-36(40)22-26-7-11-28(12-8-26)44-24-46-34(38)4-2;;;;/h3-20H,1-2,21-24H2;4*1H4. The summed E-state index contributed by atoms with van der Waals surface area (Å²) in [5.41, 5.74) is 1.28. The van der Waals surface area contributed by atoms with Gasteiger partial charge in [0, 0.05) is 12.2 Å². The highest BCUT2D eigenvalue weighted by molar-refractivity contribution is 7.91. The molecule has 0 N–H and O–H groups in total. The lowest BCUT2D eigenvalue weighted by Crippen LogP contribution is -2.12. The van der Waals surface area contributed by atoms with Crippen molar-refractivity contribution in [1.82, 2.24) is 0 Å². The molecule has 0 unspecified atom stereocenters. The highest BCUT2D eigenvalue weighted by Crippen LogP contribution is 2.25. The Morgan fingerprint density at radius 2 is 0.792 bits per heavy atom. The van der Waals surface area contributed by atoms with Gasteiger partial charge in [0.1, 0.15) is 23.0 Å². The molecule has 0 fully saturated rings. The highest BCUT2D eigenvalue weighted by Gasteiger charge is 2.19. The Bertz CT molecular complexity index is 1760. The van der Waals surface area contributed by atoms with Gasteiger partial charge >= 0.3 is 23.9 Å². The van der Waals surface area contributed by atoms with Crippen molar-refractivity contribution in [3.8, 4) is 23.0 Å². The van der Waals surface area contributed by atoms with E-state index in [-0.39, 0.29) is 77.4 Å². The number of carbonyl (C=O) groups is 4. The molecule has 4 aromatic rings. The lowest BCUT2D eigenvalue weighted by atomic mass is 10.1. The van der Waals surface area contributed by atoms with Crippen molar-refractivity contribution in [2.45, 2.75) is 52.3 Å². The van der Waals surface area contributed by atoms with Gasteiger partial charge in [-0.15, -0.1) is 0 Å². The summed E-state index contributed by atoms with van der Waals surface area (Å²) in [6.45, 7) is 6.01. The van der Waals surface area contributed by atoms with Gasteiger partial charge in [0.05, 0.1) is 22.6 Å². The minimum Gasteiger partial charge on any atom is -0.457 e. The molecule has 284 valence electrons. The Morgan fingerprint density at radius 3 is 1.09 bits per heavy atom. The fourth-order valence-electron chi connectivity index (χ4n) is 4.01. The molecule has 0 aliphatic carbocycles. The maximum atomic E-state index is 13.2. The zero-order chi connectivity index (χ0) is 35.2. The van der Waals surface area contributed by atoms with Crippen LogP contribution in [0.1, 0.15) is 40.8 Å². The van der Waals surface area contributed by atoms with Gasteiger partial charge in [0.2, 0.25) is 23.4 Å². The number of carbonyl (C=O) groups excluding carboxylic acids is 4. The molecular formula is C40H46O12S. The molecule has 0 saturated heterocycles. The Hall–Kier alpha value is -6.21. The van der Waals surface area contributed by atoms with Crippen molar-refractivity contribution >= 4 is 33.7 Å². The number of esters is 4. The Kier molecular flexibility index (Phi) is 19.9. The van der Waals surface area contributed by atoms with Crippen LogP contribution in [0.3, 0.4) is 0 Å². The molecule has 53 heavy (non-hydrogen) atoms. The third-order valence-corrected chi connectivity index (χ3v) is 8.25. The molecule has 0 aliphatic rings. The van der Waals surface area contributed by atoms with Crippen molar-refractivity contribution in [3.05, 3.63) is 133 Å². The molecule has 0 amide bonds. The van der Waals surface area contributed by atoms with E-state index in [0.29, 0.717) is 22.6 Å². The minimum atomic E-state index is -3.93. The number of ether oxygens (including phenoxy) is 6. The van der Waals surface area contributed by atoms with E-state index in [1.54, 1.807) is 48.5 Å². The fourth-order valence-corrected chi connectivity index (χ4v) is 5.28. The quantitative estimate of drug-likeness (QED) is 0.0482. The molecule has 0 radical (unpaired) electrons. The first kappa shape index (κ1) is 46.8. The Morgan fingerprint density at radius 1 is 0.491 bits per heavy atom. The smallest absolute Gasteiger partial charge is 0.333 e. The zero-order valence-corrected chi connectivity index (χ0v) is 26.8. The molecule has 0 saturated carbocycles. The molecule has 12 nitrogen and oxygen atoms in total. The summed E-state index contributed by atoms with van der Waals surface area (Å²) in [6, 6.07) is 23.8. The molecule has 0 bridgehead atoms. The molecule has 0 aromatic heterocycles. The average molecular weight is 751 g/mol. The summed E-state index contributed by atoms with van der Waals surface area (Å²) in [6.07, 6.45) is 1.93. The van der Waals surface area contributed by atoms with E-state index in [1.807, 2.05) is 0 Å². The number of sulfone groups is 1. The Labute approximate surface area is 311 Å². The van der Waals surface area contributed by atoms with Crippen LogP contribution < -0.4 is 18.9 Å². The van der Waals surface area contributed by atoms with Crippen LogP contribution in [0.15, 0.2) is 132 Å². The van der Waals surface area contributed by atoms with Gasteiger partial charge in [-0.3, -0.25) is 9.59 Å². The third kappa shape index (κ3) is 14.5. The lowest BCUT2D eigenvalue weighted by Gasteiger charge is -2.09. The number of benzene rings is 4. The van der Waals surface area contributed by atoms with Crippen LogP contribution in [-0.4, -0.2) is 45.9 Å². The SMILES string of the molecule is C.C.C.C.C=CC(=O)OCOc1ccc(CC(=O)Oc2ccc(S(=O)(=O)c3ccc(OC(=O)Cc4ccc(OCOC(=O)C=C)cc4)cc3)cc2)cc1. The summed E-state index contributed by atoms with van der Waals surface area (Å²) in [5.74, 6) is -1.18. The van der Waals surface area contributed by atoms with Gasteiger partial charge in [0.25, 0.3) is 0 Å². The van der Waals surface area contributed by atoms with Crippen LogP contribution in [0.25, 0.3) is 0 Å². The van der Waals surface area contributed by atoms with E-state index in [1.165, 1.54) is 48.5 Å². The van der Waals surface area contributed by atoms with Crippen LogP contribution in [0.2, 0.25) is 0 Å². The second-order valence-corrected chi connectivity index (χ2v) is 11.8. The molecule has 0 heterocycles. The monoisotopic (exact) mass is 750 g/mol. The van der Waals surface area contributed by atoms with Crippen LogP contribution in [-0.2, 0) is 51.3 Å². The summed E-state index contributed by atoms with van der Waals surface area (Å²) in [5, 5.41) is 0. The van der Waals surface area contributed by atoms with E-state index in [0.717, 1.165) is 12.2 Å². The second kappa shape index (κ2) is 22.6. The van der Waals surface area contributed by atoms with E-state index in [4.69, 9.17) is 28.4 Å². The van der Waals surface area contributed by atoms with E-state index in [9.17, 15) is 27.6 Å². The molecule has 13 heteroatoms. The number of rotatable bonds is 16. The summed E-state index contributed by atoms with van der Waals surface area (Å²) in [4.78, 5) is 46.9. The topological polar surface area (TPSA) is 158 Å². The Balaban J connectivity index is 0.00000676. The largest absolute Gasteiger partial charge is 0.457 e. The zero-order valence-electron chi connectivity index (χ0n) is 25.9. The maximum absolute atomic E-state index is 13.2. The van der Waals surface area contributed by atoms with Crippen molar-refractivity contribution in [2.75, 3.05) is 13.6 Å². The normalized spacial score (nSPS) is 9.81. The van der Waals surface area contributed by atoms with Gasteiger partial charge in [-0.25, -0.2) is 18.0 Å². The van der Waals surface area contributed by atoms with E-state index < -0.39 is 33.7 Å². The molecular weight excluding hydrogens is 704 g/mol. The molecule has 0 aliphatic heterocycles. The van der Waals surface area contributed by atoms with Crippen LogP contribution >= 0.6 is 0 Å². The van der Waals surface area contributed by atoms with Crippen molar-refractivity contribution < 1.29 is 56.0 Å². The van der Waals surface area contributed by atoms with Crippen molar-refractivity contribution in [3.63, 3.8) is 0 Å². The third-order valence-electron chi connectivity index (χ3n) is 6.46. The summed E-state index contributed by atoms with van der Waals surface area (Å²) in [7, 11) is -3.93. The second-order valence-electron chi connectivity index (χ2n) is 9.90. The first-order chi connectivity index (χ1) is 23.5. The summed E-state index contributed by atoms with van der Waals surface area (Å²) < 4.78 is 57.1. The van der Waals surface area contributed by atoms with Crippen LogP contribution in [0.4, 0.5) is 0 Å². The lowest BCUT2D eigenvalue weighted by molar-refractivity contribution is -0.145. The van der Waals surface area contributed by atoms with Crippen molar-refractivity contribution in [2.24, 2.45) is 0 Å². The predicted octanol–water partition coefficient (Wildman–Crippen LogP) is 7.49. The van der Waals surface area contributed by atoms with E-state index >= 15 is 0 Å². The van der Waals surface area contributed by atoms with Gasteiger partial charge in [0.15, 0.2) is 0 Å². The van der Waals surface area contributed by atoms with Crippen LogP contribution in [0.5, 0.6) is 23.0 Å². The van der Waals surface area contributed by atoms with E-state index in [2.05, 4.69) is 13.2 Å². The van der Waals surface area contributed by atoms with Gasteiger partial charge in [-0.1, -0.05) is 67.1 Å². The number of hydrogen-bond donors (Lipinski definition) is 0. The average Bonchev–Trinajstić information content (AvgIpc) is 3.10. The first-order valence-electron chi connectivity index (χ1n) is 14.4. The number of hydrogen-bond acceptors (Lipinski definition) is 12. The minimum absolute atomic E-state index is 0. The molecule has 0 atom stereocenters. The molecule has 4 aromatic carbocycles. The predicted molar refractivity (Wildman–Crippen MR) is 200 cm³/mol. The van der Waals surface area contributed by atoms with Crippen molar-refractivity contribution in [1.29, 1.82) is 0 Å². The fraction of sp³-hybridized carbons (Fsp3) is 0.200.